The van der Waals surface area contributed by atoms with Gasteiger partial charge in [-0.15, -0.1) is 0 Å². The van der Waals surface area contributed by atoms with Crippen LogP contribution in [0, 0.1) is 0 Å². The summed E-state index contributed by atoms with van der Waals surface area (Å²) in [5, 5.41) is 3.24. The van der Waals surface area contributed by atoms with Crippen molar-refractivity contribution in [1.29, 1.82) is 0 Å². The van der Waals surface area contributed by atoms with Gasteiger partial charge in [0.1, 0.15) is 0 Å². The third kappa shape index (κ3) is 4.82. The first-order valence-corrected chi connectivity index (χ1v) is 4.82. The number of hydrogen-bond acceptors (Lipinski definition) is 2. The standard InChI is InChI=1S/C11H12F3NO/c1-2-9-3-5-10(6-4-9)7-15-16-8-11(12,13)14/h3-7H,2,8H2,1H3. The lowest BCUT2D eigenvalue weighted by Crippen LogP contribution is -2.14. The summed E-state index contributed by atoms with van der Waals surface area (Å²) in [6.07, 6.45) is -2.17. The molecule has 0 amide bonds. The molecule has 0 fully saturated rings. The molecule has 0 aliphatic heterocycles. The Hall–Kier alpha value is -1.52. The topological polar surface area (TPSA) is 21.6 Å². The fourth-order valence-electron chi connectivity index (χ4n) is 1.05. The van der Waals surface area contributed by atoms with Crippen molar-refractivity contribution in [2.75, 3.05) is 6.61 Å². The first-order chi connectivity index (χ1) is 7.51. The maximum atomic E-state index is 11.7. The molecule has 0 spiro atoms. The molecule has 0 heterocycles. The predicted octanol–water partition coefficient (Wildman–Crippen LogP) is 3.16. The molecule has 16 heavy (non-hydrogen) atoms. The van der Waals surface area contributed by atoms with E-state index in [0.717, 1.165) is 12.0 Å². The minimum atomic E-state index is -4.34. The maximum absolute atomic E-state index is 11.7. The van der Waals surface area contributed by atoms with Gasteiger partial charge in [0.05, 0.1) is 6.21 Å². The van der Waals surface area contributed by atoms with Crippen molar-refractivity contribution in [3.05, 3.63) is 35.4 Å². The quantitative estimate of drug-likeness (QED) is 0.576. The Balaban J connectivity index is 2.44. The summed E-state index contributed by atoms with van der Waals surface area (Å²) in [5.74, 6) is 0. The summed E-state index contributed by atoms with van der Waals surface area (Å²) >= 11 is 0. The van der Waals surface area contributed by atoms with E-state index in [1.54, 1.807) is 12.1 Å². The summed E-state index contributed by atoms with van der Waals surface area (Å²) in [6, 6.07) is 7.34. The molecular formula is C11H12F3NO. The van der Waals surface area contributed by atoms with Gasteiger partial charge in [0, 0.05) is 0 Å². The monoisotopic (exact) mass is 231 g/mol. The van der Waals surface area contributed by atoms with E-state index in [4.69, 9.17) is 0 Å². The van der Waals surface area contributed by atoms with E-state index < -0.39 is 12.8 Å². The Morgan fingerprint density at radius 3 is 2.38 bits per heavy atom. The number of hydrogen-bond donors (Lipinski definition) is 0. The van der Waals surface area contributed by atoms with Crippen molar-refractivity contribution in [2.45, 2.75) is 19.5 Å². The number of halogens is 3. The lowest BCUT2D eigenvalue weighted by atomic mass is 10.1. The van der Waals surface area contributed by atoms with Crippen molar-refractivity contribution >= 4 is 6.21 Å². The number of nitrogens with zero attached hydrogens (tertiary/aromatic N) is 1. The van der Waals surface area contributed by atoms with Crippen LogP contribution < -0.4 is 0 Å². The number of rotatable bonds is 4. The molecule has 88 valence electrons. The highest BCUT2D eigenvalue weighted by Gasteiger charge is 2.28. The van der Waals surface area contributed by atoms with Crippen LogP contribution in [-0.2, 0) is 11.3 Å². The first kappa shape index (κ1) is 12.5. The van der Waals surface area contributed by atoms with Crippen molar-refractivity contribution < 1.29 is 18.0 Å². The molecule has 0 aliphatic rings. The molecule has 2 nitrogen and oxygen atoms in total. The smallest absolute Gasteiger partial charge is 0.386 e. The van der Waals surface area contributed by atoms with Gasteiger partial charge < -0.3 is 4.84 Å². The van der Waals surface area contributed by atoms with Gasteiger partial charge in [0.2, 0.25) is 6.61 Å². The van der Waals surface area contributed by atoms with Gasteiger partial charge in [-0.05, 0) is 17.5 Å². The molecule has 0 atom stereocenters. The van der Waals surface area contributed by atoms with Crippen LogP contribution in [0.5, 0.6) is 0 Å². The van der Waals surface area contributed by atoms with Gasteiger partial charge in [-0.1, -0.05) is 36.3 Å². The molecule has 1 rings (SSSR count). The van der Waals surface area contributed by atoms with Crippen molar-refractivity contribution in [2.24, 2.45) is 5.16 Å². The summed E-state index contributed by atoms with van der Waals surface area (Å²) in [7, 11) is 0. The molecule has 0 saturated heterocycles. The molecule has 0 aliphatic carbocycles. The highest BCUT2D eigenvalue weighted by molar-refractivity contribution is 5.79. The normalized spacial score (nSPS) is 12.0. The lowest BCUT2D eigenvalue weighted by molar-refractivity contribution is -0.173. The molecule has 0 bridgehead atoms. The van der Waals surface area contributed by atoms with Gasteiger partial charge >= 0.3 is 6.18 Å². The second-order valence-corrected chi connectivity index (χ2v) is 3.22. The summed E-state index contributed by atoms with van der Waals surface area (Å²) in [5.41, 5.74) is 1.87. The van der Waals surface area contributed by atoms with Gasteiger partial charge in [-0.25, -0.2) is 0 Å². The van der Waals surface area contributed by atoms with E-state index >= 15 is 0 Å². The third-order valence-corrected chi connectivity index (χ3v) is 1.89. The van der Waals surface area contributed by atoms with Crippen LogP contribution in [0.1, 0.15) is 18.1 Å². The molecule has 5 heteroatoms. The Labute approximate surface area is 91.7 Å². The fourth-order valence-corrected chi connectivity index (χ4v) is 1.05. The van der Waals surface area contributed by atoms with Crippen LogP contribution in [0.4, 0.5) is 13.2 Å². The Bertz CT molecular complexity index is 343. The van der Waals surface area contributed by atoms with Crippen LogP contribution in [0.25, 0.3) is 0 Å². The van der Waals surface area contributed by atoms with Crippen LogP contribution in [0.15, 0.2) is 29.4 Å². The molecular weight excluding hydrogens is 219 g/mol. The predicted molar refractivity (Wildman–Crippen MR) is 55.4 cm³/mol. The van der Waals surface area contributed by atoms with Gasteiger partial charge in [0.15, 0.2) is 0 Å². The Morgan fingerprint density at radius 1 is 1.25 bits per heavy atom. The van der Waals surface area contributed by atoms with E-state index in [-0.39, 0.29) is 0 Å². The molecule has 0 unspecified atom stereocenters. The van der Waals surface area contributed by atoms with Crippen molar-refractivity contribution in [3.63, 3.8) is 0 Å². The maximum Gasteiger partial charge on any atom is 0.425 e. The largest absolute Gasteiger partial charge is 0.425 e. The zero-order chi connectivity index (χ0) is 12.0. The second-order valence-electron chi connectivity index (χ2n) is 3.22. The van der Waals surface area contributed by atoms with Crippen LogP contribution in [0.2, 0.25) is 0 Å². The zero-order valence-corrected chi connectivity index (χ0v) is 8.79. The molecule has 1 aromatic rings. The second kappa shape index (κ2) is 5.53. The van der Waals surface area contributed by atoms with E-state index in [9.17, 15) is 13.2 Å². The Morgan fingerprint density at radius 2 is 1.88 bits per heavy atom. The molecule has 0 aromatic heterocycles. The van der Waals surface area contributed by atoms with Crippen LogP contribution >= 0.6 is 0 Å². The fraction of sp³-hybridized carbons (Fsp3) is 0.364. The lowest BCUT2D eigenvalue weighted by Gasteiger charge is -2.03. The molecule has 0 saturated carbocycles. The molecule has 0 radical (unpaired) electrons. The van der Waals surface area contributed by atoms with Crippen LogP contribution in [-0.4, -0.2) is 19.0 Å². The zero-order valence-electron chi connectivity index (χ0n) is 8.79. The average molecular weight is 231 g/mol. The minimum absolute atomic E-state index is 0.708. The highest BCUT2D eigenvalue weighted by Crippen LogP contribution is 2.14. The minimum Gasteiger partial charge on any atom is -0.386 e. The van der Waals surface area contributed by atoms with Crippen molar-refractivity contribution in [1.82, 2.24) is 0 Å². The Kier molecular flexibility index (Phi) is 4.34. The summed E-state index contributed by atoms with van der Waals surface area (Å²) < 4.78 is 35.0. The van der Waals surface area contributed by atoms with Crippen molar-refractivity contribution in [3.8, 4) is 0 Å². The molecule has 0 N–H and O–H groups in total. The van der Waals surface area contributed by atoms with E-state index in [1.807, 2.05) is 19.1 Å². The van der Waals surface area contributed by atoms with E-state index in [0.29, 0.717) is 5.56 Å². The number of aryl methyl sites for hydroxylation is 1. The number of alkyl halides is 3. The van der Waals surface area contributed by atoms with Gasteiger partial charge in [0.25, 0.3) is 0 Å². The molecule has 1 aromatic carbocycles. The summed E-state index contributed by atoms with van der Waals surface area (Å²) in [6.45, 7) is 0.659. The average Bonchev–Trinajstić information content (AvgIpc) is 2.24. The number of benzene rings is 1. The summed E-state index contributed by atoms with van der Waals surface area (Å²) in [4.78, 5) is 4.10. The van der Waals surface area contributed by atoms with Crippen LogP contribution in [0.3, 0.4) is 0 Å². The highest BCUT2D eigenvalue weighted by atomic mass is 19.4. The SMILES string of the molecule is CCc1ccc(C=NOCC(F)(F)F)cc1. The first-order valence-electron chi connectivity index (χ1n) is 4.82. The van der Waals surface area contributed by atoms with Gasteiger partial charge in [-0.3, -0.25) is 0 Å². The third-order valence-electron chi connectivity index (χ3n) is 1.89. The number of oxime groups is 1. The van der Waals surface area contributed by atoms with E-state index in [1.165, 1.54) is 6.21 Å². The van der Waals surface area contributed by atoms with Gasteiger partial charge in [-0.2, -0.15) is 13.2 Å². The van der Waals surface area contributed by atoms with E-state index in [2.05, 4.69) is 9.99 Å².